The lowest BCUT2D eigenvalue weighted by molar-refractivity contribution is 0.0939. The van der Waals surface area contributed by atoms with Gasteiger partial charge in [-0.15, -0.1) is 11.3 Å². The van der Waals surface area contributed by atoms with E-state index in [1.807, 2.05) is 20.8 Å². The summed E-state index contributed by atoms with van der Waals surface area (Å²) in [5, 5.41) is 4.29. The Morgan fingerprint density at radius 2 is 2.00 bits per heavy atom. The first-order chi connectivity index (χ1) is 8.02. The molecule has 0 aliphatic carbocycles. The van der Waals surface area contributed by atoms with Crippen LogP contribution in [-0.2, 0) is 9.05 Å². The summed E-state index contributed by atoms with van der Waals surface area (Å²) in [7, 11) is 1.50. The number of nitrogens with one attached hydrogen (secondary N) is 1. The SMILES string of the molecule is Cc1c(C(=O)NCC(C)(C)C)csc1S(=O)(=O)Cl. The Hall–Kier alpha value is -0.590. The maximum atomic E-state index is 11.9. The maximum Gasteiger partial charge on any atom is 0.271 e. The molecule has 1 heterocycles. The van der Waals surface area contributed by atoms with Gasteiger partial charge in [-0.1, -0.05) is 20.8 Å². The molecule has 0 bridgehead atoms. The molecule has 0 radical (unpaired) electrons. The van der Waals surface area contributed by atoms with E-state index in [0.29, 0.717) is 17.7 Å². The topological polar surface area (TPSA) is 63.2 Å². The second-order valence-corrected chi connectivity index (χ2v) is 8.88. The molecule has 0 saturated carbocycles. The molecule has 4 nitrogen and oxygen atoms in total. The van der Waals surface area contributed by atoms with Crippen molar-refractivity contribution in [2.45, 2.75) is 31.9 Å². The molecule has 0 fully saturated rings. The van der Waals surface area contributed by atoms with Gasteiger partial charge in [0.1, 0.15) is 4.21 Å². The maximum absolute atomic E-state index is 11.9. The molecule has 1 N–H and O–H groups in total. The van der Waals surface area contributed by atoms with E-state index in [1.54, 1.807) is 6.92 Å². The van der Waals surface area contributed by atoms with E-state index in [-0.39, 0.29) is 15.5 Å². The molecule has 0 spiro atoms. The van der Waals surface area contributed by atoms with E-state index in [0.717, 1.165) is 11.3 Å². The minimum atomic E-state index is -3.78. The van der Waals surface area contributed by atoms with Gasteiger partial charge in [0.25, 0.3) is 15.0 Å². The van der Waals surface area contributed by atoms with E-state index >= 15 is 0 Å². The number of rotatable bonds is 3. The summed E-state index contributed by atoms with van der Waals surface area (Å²) in [4.78, 5) is 11.9. The van der Waals surface area contributed by atoms with Crippen LogP contribution in [0.5, 0.6) is 0 Å². The Labute approximate surface area is 116 Å². The summed E-state index contributed by atoms with van der Waals surface area (Å²) in [6.07, 6.45) is 0. The van der Waals surface area contributed by atoms with Crippen LogP contribution in [0.1, 0.15) is 36.7 Å². The van der Waals surface area contributed by atoms with Crippen LogP contribution in [0.2, 0.25) is 0 Å². The van der Waals surface area contributed by atoms with Gasteiger partial charge < -0.3 is 5.32 Å². The van der Waals surface area contributed by atoms with E-state index < -0.39 is 9.05 Å². The number of hydrogen-bond donors (Lipinski definition) is 1. The Morgan fingerprint density at radius 1 is 1.44 bits per heavy atom. The minimum Gasteiger partial charge on any atom is -0.351 e. The Bertz CT molecular complexity index is 555. The highest BCUT2D eigenvalue weighted by Gasteiger charge is 2.22. The number of halogens is 1. The molecule has 1 amide bonds. The van der Waals surface area contributed by atoms with Gasteiger partial charge in [0, 0.05) is 22.6 Å². The van der Waals surface area contributed by atoms with Crippen LogP contribution in [0.4, 0.5) is 0 Å². The largest absolute Gasteiger partial charge is 0.351 e. The molecule has 1 aromatic rings. The number of thiophene rings is 1. The zero-order valence-electron chi connectivity index (χ0n) is 10.7. The molecule has 0 aromatic carbocycles. The van der Waals surface area contributed by atoms with Crippen LogP contribution in [0.25, 0.3) is 0 Å². The summed E-state index contributed by atoms with van der Waals surface area (Å²) in [6, 6.07) is 0. The van der Waals surface area contributed by atoms with Gasteiger partial charge in [0.15, 0.2) is 0 Å². The average Bonchev–Trinajstić information content (AvgIpc) is 2.54. The fourth-order valence-electron chi connectivity index (χ4n) is 1.30. The van der Waals surface area contributed by atoms with Crippen LogP contribution in [0.3, 0.4) is 0 Å². The highest BCUT2D eigenvalue weighted by atomic mass is 35.7. The molecule has 1 rings (SSSR count). The predicted octanol–water partition coefficient (Wildman–Crippen LogP) is 2.76. The van der Waals surface area contributed by atoms with Crippen LogP contribution >= 0.6 is 22.0 Å². The van der Waals surface area contributed by atoms with Crippen molar-refractivity contribution in [2.75, 3.05) is 6.54 Å². The first-order valence-corrected chi connectivity index (χ1v) is 8.52. The Balaban J connectivity index is 2.93. The van der Waals surface area contributed by atoms with Crippen molar-refractivity contribution >= 4 is 37.0 Å². The van der Waals surface area contributed by atoms with Gasteiger partial charge in [0.05, 0.1) is 5.56 Å². The molecular weight excluding hydrogens is 294 g/mol. The van der Waals surface area contributed by atoms with Crippen molar-refractivity contribution in [1.29, 1.82) is 0 Å². The van der Waals surface area contributed by atoms with E-state index in [2.05, 4.69) is 5.32 Å². The van der Waals surface area contributed by atoms with Crippen molar-refractivity contribution in [3.8, 4) is 0 Å². The Kier molecular flexibility index (Phi) is 4.46. The number of amides is 1. The molecule has 1 aromatic heterocycles. The summed E-state index contributed by atoms with van der Waals surface area (Å²) >= 11 is 0.964. The van der Waals surface area contributed by atoms with Crippen molar-refractivity contribution in [1.82, 2.24) is 5.32 Å². The molecular formula is C11H16ClNO3S2. The van der Waals surface area contributed by atoms with Crippen molar-refractivity contribution in [3.63, 3.8) is 0 Å². The third-order valence-electron chi connectivity index (χ3n) is 2.24. The molecule has 0 aliphatic rings. The van der Waals surface area contributed by atoms with Gasteiger partial charge >= 0.3 is 0 Å². The molecule has 7 heteroatoms. The smallest absolute Gasteiger partial charge is 0.271 e. The van der Waals surface area contributed by atoms with E-state index in [4.69, 9.17) is 10.7 Å². The number of hydrogen-bond acceptors (Lipinski definition) is 4. The van der Waals surface area contributed by atoms with Gasteiger partial charge in [0.2, 0.25) is 0 Å². The zero-order chi connectivity index (χ0) is 14.1. The van der Waals surface area contributed by atoms with Crippen LogP contribution < -0.4 is 5.32 Å². The zero-order valence-corrected chi connectivity index (χ0v) is 13.1. The van der Waals surface area contributed by atoms with E-state index in [1.165, 1.54) is 5.38 Å². The van der Waals surface area contributed by atoms with Crippen molar-refractivity contribution < 1.29 is 13.2 Å². The highest BCUT2D eigenvalue weighted by molar-refractivity contribution is 8.15. The fraction of sp³-hybridized carbons (Fsp3) is 0.545. The summed E-state index contributed by atoms with van der Waals surface area (Å²) in [5.41, 5.74) is 0.742. The lowest BCUT2D eigenvalue weighted by Crippen LogP contribution is -2.32. The number of carbonyl (C=O) groups excluding carboxylic acids is 1. The second-order valence-electron chi connectivity index (χ2n) is 5.24. The molecule has 0 saturated heterocycles. The normalized spacial score (nSPS) is 12.5. The highest BCUT2D eigenvalue weighted by Crippen LogP contribution is 2.29. The van der Waals surface area contributed by atoms with Crippen molar-refractivity contribution in [2.24, 2.45) is 5.41 Å². The molecule has 18 heavy (non-hydrogen) atoms. The molecule has 0 atom stereocenters. The predicted molar refractivity (Wildman–Crippen MR) is 73.9 cm³/mol. The van der Waals surface area contributed by atoms with Gasteiger partial charge in [-0.25, -0.2) is 8.42 Å². The number of carbonyl (C=O) groups is 1. The summed E-state index contributed by atoms with van der Waals surface area (Å²) in [6.45, 7) is 8.11. The third-order valence-corrected chi connectivity index (χ3v) is 5.55. The van der Waals surface area contributed by atoms with Crippen LogP contribution in [-0.4, -0.2) is 20.9 Å². The quantitative estimate of drug-likeness (QED) is 0.873. The fourth-order valence-corrected chi connectivity index (χ4v) is 3.85. The first-order valence-electron chi connectivity index (χ1n) is 5.33. The monoisotopic (exact) mass is 309 g/mol. The molecule has 0 unspecified atom stereocenters. The lowest BCUT2D eigenvalue weighted by atomic mass is 9.97. The van der Waals surface area contributed by atoms with Gasteiger partial charge in [-0.05, 0) is 17.9 Å². The van der Waals surface area contributed by atoms with Crippen LogP contribution in [0.15, 0.2) is 9.59 Å². The van der Waals surface area contributed by atoms with Gasteiger partial charge in [-0.2, -0.15) is 0 Å². The van der Waals surface area contributed by atoms with E-state index in [9.17, 15) is 13.2 Å². The molecule has 0 aliphatic heterocycles. The summed E-state index contributed by atoms with van der Waals surface area (Å²) < 4.78 is 22.5. The lowest BCUT2D eigenvalue weighted by Gasteiger charge is -2.18. The summed E-state index contributed by atoms with van der Waals surface area (Å²) in [5.74, 6) is -0.273. The Morgan fingerprint density at radius 3 is 2.39 bits per heavy atom. The van der Waals surface area contributed by atoms with Crippen LogP contribution in [0, 0.1) is 12.3 Å². The minimum absolute atomic E-state index is 0.0268. The standard InChI is InChI=1S/C11H16ClNO3S2/c1-7-8(5-17-10(7)18(12,15)16)9(14)13-6-11(2,3)4/h5H,6H2,1-4H3,(H,13,14). The third kappa shape index (κ3) is 3.96. The second kappa shape index (κ2) is 5.19. The average molecular weight is 310 g/mol. The van der Waals surface area contributed by atoms with Crippen molar-refractivity contribution in [3.05, 3.63) is 16.5 Å². The van der Waals surface area contributed by atoms with Gasteiger partial charge in [-0.3, -0.25) is 4.79 Å². The molecule has 102 valence electrons. The first kappa shape index (κ1) is 15.5.